The number of fused-ring (bicyclic) bond motifs is 1. The zero-order valence-corrected chi connectivity index (χ0v) is 19.8. The molecule has 2 saturated heterocycles. The van der Waals surface area contributed by atoms with Crippen molar-refractivity contribution in [2.45, 2.75) is 43.9 Å². The Morgan fingerprint density at radius 3 is 2.03 bits per heavy atom. The van der Waals surface area contributed by atoms with E-state index >= 15 is 0 Å². The Hall–Kier alpha value is -3.53. The van der Waals surface area contributed by atoms with Crippen LogP contribution in [-0.2, 0) is 20.9 Å². The summed E-state index contributed by atoms with van der Waals surface area (Å²) in [6.07, 6.45) is -0.364. The summed E-state index contributed by atoms with van der Waals surface area (Å²) < 4.78 is 69.6. The molecule has 2 unspecified atom stereocenters. The molecular weight excluding hydrogens is 528 g/mol. The number of halogens is 6. The van der Waals surface area contributed by atoms with E-state index < -0.39 is 24.3 Å². The third-order valence-electron chi connectivity index (χ3n) is 5.42. The van der Waals surface area contributed by atoms with Crippen LogP contribution in [0.25, 0.3) is 0 Å². The molecule has 2 aliphatic heterocycles. The highest BCUT2D eigenvalue weighted by atomic mass is 19.4. The van der Waals surface area contributed by atoms with Crippen LogP contribution in [0.5, 0.6) is 0 Å². The second-order valence-electron chi connectivity index (χ2n) is 8.03. The number of hydrogen-bond donors (Lipinski definition) is 2. The number of pyridine rings is 1. The van der Waals surface area contributed by atoms with Gasteiger partial charge in [-0.1, -0.05) is 6.07 Å². The van der Waals surface area contributed by atoms with Crippen LogP contribution < -0.4 is 4.90 Å². The van der Waals surface area contributed by atoms with Crippen molar-refractivity contribution in [1.82, 2.24) is 19.9 Å². The first-order chi connectivity index (χ1) is 17.8. The number of aromatic nitrogens is 3. The van der Waals surface area contributed by atoms with Gasteiger partial charge < -0.3 is 19.8 Å². The van der Waals surface area contributed by atoms with Gasteiger partial charge in [0.15, 0.2) is 0 Å². The Morgan fingerprint density at radius 2 is 1.50 bits per heavy atom. The van der Waals surface area contributed by atoms with Gasteiger partial charge in [0.25, 0.3) is 0 Å². The van der Waals surface area contributed by atoms with Crippen LogP contribution in [-0.4, -0.2) is 92.7 Å². The minimum absolute atomic E-state index is 0.295. The summed E-state index contributed by atoms with van der Waals surface area (Å²) in [7, 11) is 0. The number of carboxylic acids is 2. The fourth-order valence-corrected chi connectivity index (χ4v) is 3.74. The minimum atomic E-state index is -5.08. The van der Waals surface area contributed by atoms with E-state index in [2.05, 4.69) is 30.8 Å². The molecule has 16 heteroatoms. The Bertz CT molecular complexity index is 989. The van der Waals surface area contributed by atoms with Gasteiger partial charge in [0.05, 0.1) is 12.7 Å². The number of aliphatic carboxylic acids is 2. The highest BCUT2D eigenvalue weighted by Crippen LogP contribution is 2.26. The van der Waals surface area contributed by atoms with Crippen molar-refractivity contribution in [3.8, 4) is 0 Å². The van der Waals surface area contributed by atoms with Gasteiger partial charge in [-0.2, -0.15) is 26.3 Å². The fourth-order valence-electron chi connectivity index (χ4n) is 3.74. The number of alkyl halides is 6. The molecule has 2 N–H and O–H groups in total. The molecule has 38 heavy (non-hydrogen) atoms. The van der Waals surface area contributed by atoms with Crippen molar-refractivity contribution in [2.75, 3.05) is 31.1 Å². The van der Waals surface area contributed by atoms with Crippen LogP contribution >= 0.6 is 0 Å². The van der Waals surface area contributed by atoms with Crippen molar-refractivity contribution < 1.29 is 50.9 Å². The summed E-state index contributed by atoms with van der Waals surface area (Å²) in [5, 5.41) is 14.2. The molecule has 2 aliphatic rings. The first kappa shape index (κ1) is 30.7. The lowest BCUT2D eigenvalue weighted by atomic mass is 10.0. The van der Waals surface area contributed by atoms with Gasteiger partial charge in [-0.15, -0.1) is 0 Å². The van der Waals surface area contributed by atoms with Crippen LogP contribution in [0.2, 0.25) is 0 Å². The van der Waals surface area contributed by atoms with Gasteiger partial charge in [0, 0.05) is 57.0 Å². The van der Waals surface area contributed by atoms with E-state index in [1.807, 2.05) is 36.9 Å². The highest BCUT2D eigenvalue weighted by Gasteiger charge is 2.39. The van der Waals surface area contributed by atoms with Crippen molar-refractivity contribution in [2.24, 2.45) is 0 Å². The van der Waals surface area contributed by atoms with Crippen LogP contribution in [0.4, 0.5) is 32.3 Å². The van der Waals surface area contributed by atoms with Crippen molar-refractivity contribution >= 4 is 17.9 Å². The maximum Gasteiger partial charge on any atom is 0.490 e. The molecule has 0 bridgehead atoms. The van der Waals surface area contributed by atoms with E-state index in [1.165, 1.54) is 5.56 Å². The number of rotatable bonds is 3. The van der Waals surface area contributed by atoms with E-state index in [4.69, 9.17) is 24.5 Å². The monoisotopic (exact) mass is 553 g/mol. The summed E-state index contributed by atoms with van der Waals surface area (Å²) in [6, 6.07) is 6.47. The third kappa shape index (κ3) is 10.1. The molecule has 2 fully saturated rings. The lowest BCUT2D eigenvalue weighted by molar-refractivity contribution is -0.193. The van der Waals surface area contributed by atoms with Gasteiger partial charge in [-0.3, -0.25) is 9.88 Å². The van der Waals surface area contributed by atoms with Crippen LogP contribution in [0.1, 0.15) is 18.4 Å². The number of carbonyl (C=O) groups is 2. The first-order valence-electron chi connectivity index (χ1n) is 11.2. The van der Waals surface area contributed by atoms with Gasteiger partial charge in [0.2, 0.25) is 5.95 Å². The normalized spacial score (nSPS) is 20.0. The fraction of sp³-hybridized carbons (Fsp3) is 0.500. The molecule has 0 aromatic carbocycles. The zero-order valence-electron chi connectivity index (χ0n) is 19.8. The second-order valence-corrected chi connectivity index (χ2v) is 8.03. The first-order valence-corrected chi connectivity index (χ1v) is 11.2. The predicted octanol–water partition coefficient (Wildman–Crippen LogP) is 3.01. The van der Waals surface area contributed by atoms with Gasteiger partial charge >= 0.3 is 24.3 Å². The molecule has 0 radical (unpaired) electrons. The van der Waals surface area contributed by atoms with Crippen molar-refractivity contribution in [3.63, 3.8) is 0 Å². The Morgan fingerprint density at radius 1 is 0.921 bits per heavy atom. The second kappa shape index (κ2) is 13.9. The molecule has 2 aromatic heterocycles. The summed E-state index contributed by atoms with van der Waals surface area (Å²) in [5.41, 5.74) is 1.27. The quantitative estimate of drug-likeness (QED) is 0.548. The maximum atomic E-state index is 10.6. The van der Waals surface area contributed by atoms with Gasteiger partial charge in [-0.25, -0.2) is 19.6 Å². The average molecular weight is 553 g/mol. The SMILES string of the molecule is O=C(O)C(F)(F)F.O=C(O)C(F)(F)F.c1cnc(N2CCC3OCCN(Cc4cccnc4)C3CC2)nc1. The van der Waals surface area contributed by atoms with Crippen LogP contribution in [0, 0.1) is 0 Å². The van der Waals surface area contributed by atoms with E-state index in [9.17, 15) is 26.3 Å². The number of morpholine rings is 1. The lowest BCUT2D eigenvalue weighted by Gasteiger charge is -2.40. The summed E-state index contributed by atoms with van der Waals surface area (Å²) in [6.45, 7) is 4.66. The molecule has 210 valence electrons. The van der Waals surface area contributed by atoms with E-state index in [-0.39, 0.29) is 0 Å². The molecule has 10 nitrogen and oxygen atoms in total. The van der Waals surface area contributed by atoms with E-state index in [1.54, 1.807) is 0 Å². The van der Waals surface area contributed by atoms with E-state index in [0.717, 1.165) is 51.6 Å². The zero-order chi connectivity index (χ0) is 28.3. The molecular formula is C22H25F6N5O5. The minimum Gasteiger partial charge on any atom is -0.475 e. The Balaban J connectivity index is 0.000000301. The number of carboxylic acid groups (broad SMARTS) is 2. The highest BCUT2D eigenvalue weighted by molar-refractivity contribution is 5.73. The largest absolute Gasteiger partial charge is 0.490 e. The molecule has 2 atom stereocenters. The third-order valence-corrected chi connectivity index (χ3v) is 5.42. The standard InChI is InChI=1S/C18H23N5O.2C2HF3O2/c1-3-15(13-19-6-1)14-23-11-12-24-17-5-10-22(9-4-16(17)23)18-20-7-2-8-21-18;2*3-2(4,5)1(6)7/h1-3,6-8,13,16-17H,4-5,9-12,14H2;2*(H,6,7). The average Bonchev–Trinajstić information content (AvgIpc) is 3.08. The van der Waals surface area contributed by atoms with Gasteiger partial charge in [0.1, 0.15) is 0 Å². The number of anilines is 1. The molecule has 4 rings (SSSR count). The predicted molar refractivity (Wildman–Crippen MR) is 119 cm³/mol. The number of hydrogen-bond acceptors (Lipinski definition) is 8. The number of ether oxygens (including phenoxy) is 1. The van der Waals surface area contributed by atoms with Crippen molar-refractivity contribution in [3.05, 3.63) is 48.5 Å². The molecule has 0 aliphatic carbocycles. The summed E-state index contributed by atoms with van der Waals surface area (Å²) >= 11 is 0. The Labute approximate surface area is 212 Å². The van der Waals surface area contributed by atoms with Crippen molar-refractivity contribution in [1.29, 1.82) is 0 Å². The number of nitrogens with zero attached hydrogens (tertiary/aromatic N) is 5. The summed E-state index contributed by atoms with van der Waals surface area (Å²) in [5.74, 6) is -4.69. The van der Waals surface area contributed by atoms with Gasteiger partial charge in [-0.05, 0) is 30.5 Å². The van der Waals surface area contributed by atoms with Crippen LogP contribution in [0.15, 0.2) is 43.0 Å². The molecule has 0 amide bonds. The smallest absolute Gasteiger partial charge is 0.475 e. The lowest BCUT2D eigenvalue weighted by Crippen LogP contribution is -2.50. The molecule has 4 heterocycles. The molecule has 0 spiro atoms. The molecule has 2 aromatic rings. The summed E-state index contributed by atoms with van der Waals surface area (Å²) in [4.78, 5) is 35.7. The van der Waals surface area contributed by atoms with Crippen LogP contribution in [0.3, 0.4) is 0 Å². The molecule has 0 saturated carbocycles. The topological polar surface area (TPSA) is 129 Å². The van der Waals surface area contributed by atoms with E-state index in [0.29, 0.717) is 12.1 Å². The Kier molecular flexibility index (Phi) is 11.2. The maximum absolute atomic E-state index is 10.6.